The Morgan fingerprint density at radius 1 is 1.00 bits per heavy atom. The van der Waals surface area contributed by atoms with Crippen molar-refractivity contribution < 1.29 is 4.79 Å². The van der Waals surface area contributed by atoms with Gasteiger partial charge in [-0.15, -0.1) is 0 Å². The topological polar surface area (TPSA) is 33.2 Å². The van der Waals surface area contributed by atoms with Crippen LogP contribution in [0.5, 0.6) is 0 Å². The zero-order valence-corrected chi connectivity index (χ0v) is 12.2. The second-order valence-electron chi connectivity index (χ2n) is 5.83. The Balaban J connectivity index is 1.52. The highest BCUT2D eigenvalue weighted by Gasteiger charge is 2.50. The lowest BCUT2D eigenvalue weighted by molar-refractivity contribution is -0.129. The summed E-state index contributed by atoms with van der Waals surface area (Å²) in [6.45, 7) is 0. The third-order valence-corrected chi connectivity index (χ3v) is 4.49. The number of amides is 1. The first-order valence-electron chi connectivity index (χ1n) is 7.69. The van der Waals surface area contributed by atoms with E-state index in [1.54, 1.807) is 6.20 Å². The predicted molar refractivity (Wildman–Crippen MR) is 85.3 cm³/mol. The molecule has 1 saturated carbocycles. The third kappa shape index (κ3) is 2.17. The molecule has 108 valence electrons. The van der Waals surface area contributed by atoms with Crippen molar-refractivity contribution in [3.05, 3.63) is 59.8 Å². The summed E-state index contributed by atoms with van der Waals surface area (Å²) in [6.07, 6.45) is 5.05. The van der Waals surface area contributed by atoms with Crippen LogP contribution in [0.1, 0.15) is 30.4 Å². The van der Waals surface area contributed by atoms with Crippen molar-refractivity contribution in [2.75, 3.05) is 4.90 Å². The Morgan fingerprint density at radius 3 is 2.59 bits per heavy atom. The monoisotopic (exact) mass is 288 g/mol. The number of anilines is 1. The van der Waals surface area contributed by atoms with E-state index in [0.717, 1.165) is 36.2 Å². The van der Waals surface area contributed by atoms with E-state index in [1.807, 2.05) is 47.4 Å². The molecule has 0 spiro atoms. The van der Waals surface area contributed by atoms with Gasteiger partial charge in [0.2, 0.25) is 5.91 Å². The van der Waals surface area contributed by atoms with Crippen molar-refractivity contribution in [2.45, 2.75) is 25.3 Å². The van der Waals surface area contributed by atoms with Gasteiger partial charge in [0.25, 0.3) is 0 Å². The van der Waals surface area contributed by atoms with Gasteiger partial charge in [-0.2, -0.15) is 0 Å². The maximum absolute atomic E-state index is 12.1. The van der Waals surface area contributed by atoms with Gasteiger partial charge in [-0.3, -0.25) is 9.69 Å². The van der Waals surface area contributed by atoms with Gasteiger partial charge in [-0.1, -0.05) is 36.5 Å². The minimum atomic E-state index is 0.234. The van der Waals surface area contributed by atoms with Gasteiger partial charge < -0.3 is 0 Å². The molecule has 2 atom stereocenters. The normalized spacial score (nSPS) is 22.5. The van der Waals surface area contributed by atoms with E-state index in [9.17, 15) is 4.79 Å². The van der Waals surface area contributed by atoms with Crippen LogP contribution in [0.3, 0.4) is 0 Å². The molecule has 1 saturated heterocycles. The fourth-order valence-electron chi connectivity index (χ4n) is 3.35. The Labute approximate surface area is 130 Å². The molecular formula is C19H16N2O. The Bertz CT molecular complexity index is 756. The van der Waals surface area contributed by atoms with Crippen molar-refractivity contribution in [2.24, 2.45) is 5.92 Å². The van der Waals surface area contributed by atoms with Crippen LogP contribution >= 0.6 is 0 Å². The molecule has 4 rings (SSSR count). The number of nitrogens with zero attached hydrogens (tertiary/aromatic N) is 2. The van der Waals surface area contributed by atoms with Crippen molar-refractivity contribution in [3.63, 3.8) is 0 Å². The largest absolute Gasteiger partial charge is 0.293 e. The molecule has 1 amide bonds. The van der Waals surface area contributed by atoms with Crippen LogP contribution in [0.2, 0.25) is 0 Å². The molecule has 2 aliphatic rings. The summed E-state index contributed by atoms with van der Waals surface area (Å²) < 4.78 is 0. The number of hydrogen-bond donors (Lipinski definition) is 0. The fraction of sp³-hybridized carbons (Fsp3) is 0.263. The first-order chi connectivity index (χ1) is 10.8. The van der Waals surface area contributed by atoms with E-state index in [4.69, 9.17) is 0 Å². The molecule has 1 aliphatic heterocycles. The summed E-state index contributed by atoms with van der Waals surface area (Å²) >= 11 is 0. The molecule has 0 radical (unpaired) electrons. The van der Waals surface area contributed by atoms with Crippen LogP contribution in [0.25, 0.3) is 0 Å². The average molecular weight is 288 g/mol. The van der Waals surface area contributed by atoms with Crippen LogP contribution in [0.4, 0.5) is 5.82 Å². The highest BCUT2D eigenvalue weighted by Crippen LogP contribution is 2.42. The first-order valence-corrected chi connectivity index (χ1v) is 7.69. The number of hydrogen-bond acceptors (Lipinski definition) is 2. The Morgan fingerprint density at radius 2 is 1.82 bits per heavy atom. The molecule has 22 heavy (non-hydrogen) atoms. The van der Waals surface area contributed by atoms with E-state index < -0.39 is 0 Å². The van der Waals surface area contributed by atoms with Crippen LogP contribution in [-0.2, 0) is 4.79 Å². The van der Waals surface area contributed by atoms with E-state index in [0.29, 0.717) is 6.04 Å². The fourth-order valence-corrected chi connectivity index (χ4v) is 3.35. The molecule has 0 bridgehead atoms. The molecule has 1 aromatic heterocycles. The average Bonchev–Trinajstić information content (AvgIpc) is 2.99. The number of rotatable bonds is 1. The van der Waals surface area contributed by atoms with Crippen molar-refractivity contribution in [1.29, 1.82) is 0 Å². The van der Waals surface area contributed by atoms with Crippen molar-refractivity contribution in [3.8, 4) is 11.8 Å². The van der Waals surface area contributed by atoms with E-state index >= 15 is 0 Å². The number of benzene rings is 1. The number of carbonyl (C=O) groups excluding carboxylic acids is 1. The zero-order chi connectivity index (χ0) is 14.9. The van der Waals surface area contributed by atoms with Crippen LogP contribution in [0, 0.1) is 17.8 Å². The van der Waals surface area contributed by atoms with Gasteiger partial charge in [0.15, 0.2) is 0 Å². The minimum absolute atomic E-state index is 0.234. The minimum Gasteiger partial charge on any atom is -0.293 e. The van der Waals surface area contributed by atoms with Crippen molar-refractivity contribution in [1.82, 2.24) is 4.98 Å². The Hall–Kier alpha value is -2.60. The van der Waals surface area contributed by atoms with Crippen molar-refractivity contribution >= 4 is 11.7 Å². The van der Waals surface area contributed by atoms with E-state index in [1.165, 1.54) is 0 Å². The van der Waals surface area contributed by atoms with Gasteiger partial charge in [-0.05, 0) is 37.1 Å². The van der Waals surface area contributed by atoms with E-state index in [2.05, 4.69) is 16.8 Å². The van der Waals surface area contributed by atoms with Crippen LogP contribution in [-0.4, -0.2) is 16.9 Å². The first kappa shape index (κ1) is 13.1. The lowest BCUT2D eigenvalue weighted by Gasteiger charge is -2.42. The summed E-state index contributed by atoms with van der Waals surface area (Å²) in [6, 6.07) is 14.1. The van der Waals surface area contributed by atoms with E-state index in [-0.39, 0.29) is 11.8 Å². The van der Waals surface area contributed by atoms with Gasteiger partial charge in [0.1, 0.15) is 5.82 Å². The maximum Gasteiger partial charge on any atom is 0.233 e. The highest BCUT2D eigenvalue weighted by atomic mass is 16.2. The van der Waals surface area contributed by atoms with Gasteiger partial charge in [0.05, 0.1) is 5.92 Å². The molecule has 0 unspecified atom stereocenters. The molecule has 2 aromatic rings. The summed E-state index contributed by atoms with van der Waals surface area (Å²) in [5, 5.41) is 0. The summed E-state index contributed by atoms with van der Waals surface area (Å²) in [4.78, 5) is 18.4. The van der Waals surface area contributed by atoms with Crippen LogP contribution in [0.15, 0.2) is 48.7 Å². The second kappa shape index (κ2) is 5.31. The number of aromatic nitrogens is 1. The zero-order valence-electron chi connectivity index (χ0n) is 12.2. The highest BCUT2D eigenvalue weighted by molar-refractivity contribution is 6.02. The van der Waals surface area contributed by atoms with Gasteiger partial charge >= 0.3 is 0 Å². The summed E-state index contributed by atoms with van der Waals surface area (Å²) in [7, 11) is 0. The molecule has 2 heterocycles. The number of pyridine rings is 1. The smallest absolute Gasteiger partial charge is 0.233 e. The third-order valence-electron chi connectivity index (χ3n) is 4.49. The quantitative estimate of drug-likeness (QED) is 0.597. The standard InChI is InChI=1S/C19H16N2O/c22-19-16-7-4-8-17(16)21(19)18-12-11-15(13-20-18)10-9-14-5-2-1-3-6-14/h1-3,5-6,11-13,16-17H,4,7-8H2/t16-,17-/m0/s1. The molecule has 0 N–H and O–H groups in total. The summed E-state index contributed by atoms with van der Waals surface area (Å²) in [5.74, 6) is 7.46. The Kier molecular flexibility index (Phi) is 3.16. The molecule has 2 fully saturated rings. The summed E-state index contributed by atoms with van der Waals surface area (Å²) in [5.41, 5.74) is 1.85. The SMILES string of the molecule is O=C1[C@H]2CCC[C@@H]2N1c1ccc(C#Cc2ccccc2)cn1. The van der Waals surface area contributed by atoms with Crippen LogP contribution < -0.4 is 4.90 Å². The number of carbonyl (C=O) groups is 1. The molecule has 3 nitrogen and oxygen atoms in total. The maximum atomic E-state index is 12.1. The predicted octanol–water partition coefficient (Wildman–Crippen LogP) is 3.00. The molecule has 1 aliphatic carbocycles. The van der Waals surface area contributed by atoms with Gasteiger partial charge in [0, 0.05) is 23.4 Å². The number of fused-ring (bicyclic) bond motifs is 1. The lowest BCUT2D eigenvalue weighted by Crippen LogP contribution is -2.58. The number of β-lactam (4-membered cyclic amide) rings is 1. The molecular weight excluding hydrogens is 272 g/mol. The molecule has 3 heteroatoms. The molecule has 1 aromatic carbocycles. The lowest BCUT2D eigenvalue weighted by atomic mass is 9.90. The second-order valence-corrected chi connectivity index (χ2v) is 5.83. The van der Waals surface area contributed by atoms with Gasteiger partial charge in [-0.25, -0.2) is 4.98 Å².